The van der Waals surface area contributed by atoms with E-state index in [1.807, 2.05) is 13.0 Å². The van der Waals surface area contributed by atoms with Crippen LogP contribution in [0.2, 0.25) is 5.02 Å². The highest BCUT2D eigenvalue weighted by atomic mass is 79.9. The van der Waals surface area contributed by atoms with Crippen molar-refractivity contribution in [1.29, 1.82) is 0 Å². The number of hydrogen-bond acceptors (Lipinski definition) is 6. The zero-order chi connectivity index (χ0) is 25.0. The molecule has 2 aromatic carbocycles. The molecule has 0 bridgehead atoms. The summed E-state index contributed by atoms with van der Waals surface area (Å²) in [7, 11) is 0. The summed E-state index contributed by atoms with van der Waals surface area (Å²) >= 11 is 13.3. The van der Waals surface area contributed by atoms with Crippen LogP contribution in [0.1, 0.15) is 38.6 Å². The first-order valence-corrected chi connectivity index (χ1v) is 12.4. The Kier molecular flexibility index (Phi) is 8.72. The Morgan fingerprint density at radius 3 is 2.71 bits per heavy atom. The van der Waals surface area contributed by atoms with Crippen molar-refractivity contribution in [1.82, 2.24) is 9.66 Å². The van der Waals surface area contributed by atoms with Crippen LogP contribution in [-0.4, -0.2) is 39.7 Å². The predicted molar refractivity (Wildman–Crippen MR) is 139 cm³/mol. The number of ether oxygens (including phenoxy) is 2. The number of nitrogens with zero attached hydrogens (tertiary/aromatic N) is 3. The van der Waals surface area contributed by atoms with E-state index in [2.05, 4.69) is 41.9 Å². The van der Waals surface area contributed by atoms with Crippen molar-refractivity contribution in [3.8, 4) is 11.5 Å². The zero-order valence-electron chi connectivity index (χ0n) is 18.6. The van der Waals surface area contributed by atoms with Crippen molar-refractivity contribution in [3.63, 3.8) is 0 Å². The fourth-order valence-electron chi connectivity index (χ4n) is 3.12. The van der Waals surface area contributed by atoms with Gasteiger partial charge in [0.05, 0.1) is 23.7 Å². The van der Waals surface area contributed by atoms with E-state index in [4.69, 9.17) is 21.1 Å². The second-order valence-corrected chi connectivity index (χ2v) is 9.34. The Labute approximate surface area is 217 Å². The van der Waals surface area contributed by atoms with Crippen LogP contribution in [0.25, 0.3) is 10.9 Å². The van der Waals surface area contributed by atoms with Gasteiger partial charge in [-0.15, -0.1) is 0 Å². The molecule has 0 unspecified atom stereocenters. The average Bonchev–Trinajstić information content (AvgIpc) is 2.79. The van der Waals surface area contributed by atoms with Gasteiger partial charge in [-0.3, -0.25) is 4.79 Å². The standard InChI is InChI=1S/C23H22Br2ClN3O5/c1-4-6-18-28-16-8-7-14(24)10-15(16)22(30)29(18)27-11-13-9-17(33-5-2)21(20(26)19(13)25)34-12(3)23(31)32/h7-12H,4-6H2,1-3H3,(H,31,32)/t12-/m1/s1. The first-order valence-electron chi connectivity index (χ1n) is 10.5. The summed E-state index contributed by atoms with van der Waals surface area (Å²) in [4.78, 5) is 29.1. The number of halogens is 3. The molecule has 1 aromatic heterocycles. The van der Waals surface area contributed by atoms with Gasteiger partial charge < -0.3 is 14.6 Å². The number of benzene rings is 2. The van der Waals surface area contributed by atoms with E-state index >= 15 is 0 Å². The summed E-state index contributed by atoms with van der Waals surface area (Å²) in [6.45, 7) is 5.47. The van der Waals surface area contributed by atoms with Gasteiger partial charge >= 0.3 is 5.97 Å². The molecule has 1 atom stereocenters. The highest BCUT2D eigenvalue weighted by Gasteiger charge is 2.22. The third-order valence-corrected chi connectivity index (χ3v) is 6.70. The molecule has 0 saturated carbocycles. The maximum atomic E-state index is 13.2. The monoisotopic (exact) mass is 613 g/mol. The lowest BCUT2D eigenvalue weighted by Gasteiger charge is -2.18. The van der Waals surface area contributed by atoms with E-state index in [9.17, 15) is 14.7 Å². The van der Waals surface area contributed by atoms with Gasteiger partial charge in [0, 0.05) is 20.9 Å². The van der Waals surface area contributed by atoms with Crippen LogP contribution in [0.5, 0.6) is 11.5 Å². The molecule has 0 aliphatic carbocycles. The van der Waals surface area contributed by atoms with Crippen molar-refractivity contribution < 1.29 is 19.4 Å². The average molecular weight is 616 g/mol. The minimum atomic E-state index is -1.14. The first kappa shape index (κ1) is 26.2. The predicted octanol–water partition coefficient (Wildman–Crippen LogP) is 5.66. The van der Waals surface area contributed by atoms with Crippen LogP contribution in [-0.2, 0) is 11.2 Å². The number of rotatable bonds is 9. The van der Waals surface area contributed by atoms with Crippen LogP contribution in [0.3, 0.4) is 0 Å². The highest BCUT2D eigenvalue weighted by Crippen LogP contribution is 2.42. The summed E-state index contributed by atoms with van der Waals surface area (Å²) in [6.07, 6.45) is 1.67. The van der Waals surface area contributed by atoms with E-state index in [1.54, 1.807) is 25.1 Å². The number of aliphatic carboxylic acids is 1. The molecule has 3 rings (SSSR count). The lowest BCUT2D eigenvalue weighted by Crippen LogP contribution is -2.23. The smallest absolute Gasteiger partial charge is 0.344 e. The molecule has 0 aliphatic rings. The van der Waals surface area contributed by atoms with E-state index in [1.165, 1.54) is 17.8 Å². The van der Waals surface area contributed by atoms with Gasteiger partial charge in [0.15, 0.2) is 17.6 Å². The van der Waals surface area contributed by atoms with E-state index in [0.29, 0.717) is 39.8 Å². The number of carbonyl (C=O) groups is 1. The van der Waals surface area contributed by atoms with Crippen molar-refractivity contribution in [2.75, 3.05) is 6.61 Å². The fraction of sp³-hybridized carbons (Fsp3) is 0.304. The minimum Gasteiger partial charge on any atom is -0.490 e. The summed E-state index contributed by atoms with van der Waals surface area (Å²) < 4.78 is 13.6. The Hall–Kier alpha value is -2.43. The molecule has 1 N–H and O–H groups in total. The largest absolute Gasteiger partial charge is 0.490 e. The highest BCUT2D eigenvalue weighted by molar-refractivity contribution is 9.10. The summed E-state index contributed by atoms with van der Waals surface area (Å²) in [6, 6.07) is 6.95. The van der Waals surface area contributed by atoms with Gasteiger partial charge in [-0.1, -0.05) is 34.5 Å². The quantitative estimate of drug-likeness (QED) is 0.312. The summed E-state index contributed by atoms with van der Waals surface area (Å²) in [5, 5.41) is 14.2. The van der Waals surface area contributed by atoms with E-state index < -0.39 is 12.1 Å². The van der Waals surface area contributed by atoms with Gasteiger partial charge in [-0.05, 0) is 60.5 Å². The summed E-state index contributed by atoms with van der Waals surface area (Å²) in [5.41, 5.74) is 0.806. The molecule has 0 aliphatic heterocycles. The number of carboxylic acids is 1. The number of fused-ring (bicyclic) bond motifs is 1. The van der Waals surface area contributed by atoms with Crippen molar-refractivity contribution >= 4 is 66.5 Å². The molecule has 180 valence electrons. The molecule has 34 heavy (non-hydrogen) atoms. The number of aryl methyl sites for hydroxylation is 1. The topological polar surface area (TPSA) is 103 Å². The van der Waals surface area contributed by atoms with Gasteiger partial charge in [0.25, 0.3) is 5.56 Å². The van der Waals surface area contributed by atoms with Gasteiger partial charge in [0.2, 0.25) is 0 Å². The molecular formula is C23H22Br2ClN3O5. The van der Waals surface area contributed by atoms with Crippen LogP contribution in [0.15, 0.2) is 43.1 Å². The minimum absolute atomic E-state index is 0.100. The zero-order valence-corrected chi connectivity index (χ0v) is 22.6. The molecule has 3 aromatic rings. The molecular weight excluding hydrogens is 594 g/mol. The first-order chi connectivity index (χ1) is 16.2. The number of hydrogen-bond donors (Lipinski definition) is 1. The normalized spacial score (nSPS) is 12.3. The van der Waals surface area contributed by atoms with Crippen LogP contribution < -0.4 is 15.0 Å². The third-order valence-electron chi connectivity index (χ3n) is 4.76. The lowest BCUT2D eigenvalue weighted by atomic mass is 10.2. The molecule has 11 heteroatoms. The summed E-state index contributed by atoms with van der Waals surface area (Å²) in [5.74, 6) is -0.255. The van der Waals surface area contributed by atoms with Gasteiger partial charge in [-0.25, -0.2) is 9.78 Å². The number of aromatic nitrogens is 2. The molecule has 1 heterocycles. The third kappa shape index (κ3) is 5.61. The second kappa shape index (κ2) is 11.3. The van der Waals surface area contributed by atoms with Crippen molar-refractivity contribution in [2.45, 2.75) is 39.7 Å². The lowest BCUT2D eigenvalue weighted by molar-refractivity contribution is -0.144. The molecule has 0 amide bonds. The van der Waals surface area contributed by atoms with E-state index in [0.717, 1.165) is 10.9 Å². The van der Waals surface area contributed by atoms with Crippen molar-refractivity contribution in [3.05, 3.63) is 60.0 Å². The van der Waals surface area contributed by atoms with Crippen LogP contribution >= 0.6 is 43.5 Å². The fourth-order valence-corrected chi connectivity index (χ4v) is 4.12. The SMILES string of the molecule is CCCc1nc2ccc(Br)cc2c(=O)n1N=Cc1cc(OCC)c(O[C@H](C)C(=O)O)c(Cl)c1Br. The maximum absolute atomic E-state index is 13.2. The molecule has 0 fully saturated rings. The molecule has 0 spiro atoms. The van der Waals surface area contributed by atoms with E-state index in [-0.39, 0.29) is 22.1 Å². The second-order valence-electron chi connectivity index (χ2n) is 7.25. The maximum Gasteiger partial charge on any atom is 0.344 e. The Morgan fingerprint density at radius 2 is 2.06 bits per heavy atom. The van der Waals surface area contributed by atoms with Crippen LogP contribution in [0.4, 0.5) is 0 Å². The van der Waals surface area contributed by atoms with Crippen LogP contribution in [0, 0.1) is 0 Å². The Morgan fingerprint density at radius 1 is 1.32 bits per heavy atom. The van der Waals surface area contributed by atoms with Crippen molar-refractivity contribution in [2.24, 2.45) is 5.10 Å². The Balaban J connectivity index is 2.13. The molecule has 8 nitrogen and oxygen atoms in total. The molecule has 0 radical (unpaired) electrons. The molecule has 0 saturated heterocycles. The number of carboxylic acid groups (broad SMARTS) is 1. The van der Waals surface area contributed by atoms with Gasteiger partial charge in [-0.2, -0.15) is 9.78 Å². The van der Waals surface area contributed by atoms with Gasteiger partial charge in [0.1, 0.15) is 10.8 Å². The Bertz CT molecular complexity index is 1330.